The Kier molecular flexibility index (Phi) is 4.64. The third-order valence-corrected chi connectivity index (χ3v) is 4.29. The van der Waals surface area contributed by atoms with E-state index < -0.39 is 5.97 Å². The van der Waals surface area contributed by atoms with Gasteiger partial charge in [0.25, 0.3) is 0 Å². The average Bonchev–Trinajstić information content (AvgIpc) is 3.03. The number of carboxylic acid groups (broad SMARTS) is 1. The maximum absolute atomic E-state index is 11.0. The van der Waals surface area contributed by atoms with Crippen LogP contribution in [-0.4, -0.2) is 26.3 Å². The van der Waals surface area contributed by atoms with Crippen molar-refractivity contribution in [2.75, 3.05) is 0 Å². The van der Waals surface area contributed by atoms with E-state index in [2.05, 4.69) is 15.2 Å². The molecule has 3 aromatic rings. The van der Waals surface area contributed by atoms with Crippen molar-refractivity contribution in [3.63, 3.8) is 0 Å². The Morgan fingerprint density at radius 2 is 2.00 bits per heavy atom. The number of nitrogens with zero attached hydrogens (tertiary/aromatic N) is 2. The Bertz CT molecular complexity index is 833. The zero-order valence-corrected chi connectivity index (χ0v) is 13.4. The van der Waals surface area contributed by atoms with E-state index in [9.17, 15) is 4.79 Å². The smallest absolute Gasteiger partial charge is 0.335 e. The van der Waals surface area contributed by atoms with Gasteiger partial charge < -0.3 is 5.11 Å². The second kappa shape index (κ2) is 6.85. The number of hydrogen-bond acceptors (Lipinski definition) is 4. The molecule has 1 aromatic heterocycles. The number of aromatic carboxylic acids is 1. The summed E-state index contributed by atoms with van der Waals surface area (Å²) in [7, 11) is 0. The van der Waals surface area contributed by atoms with E-state index in [0.29, 0.717) is 21.8 Å². The van der Waals surface area contributed by atoms with Crippen LogP contribution in [0.5, 0.6) is 0 Å². The molecule has 0 radical (unpaired) electrons. The summed E-state index contributed by atoms with van der Waals surface area (Å²) in [5.74, 6) is 0.335. The second-order valence-corrected chi connectivity index (χ2v) is 6.15. The van der Waals surface area contributed by atoms with Crippen molar-refractivity contribution in [2.45, 2.75) is 10.9 Å². The number of aromatic nitrogens is 3. The summed E-state index contributed by atoms with van der Waals surface area (Å²) in [6, 6.07) is 14.2. The first-order chi connectivity index (χ1) is 11.1. The molecule has 0 atom stereocenters. The number of benzene rings is 2. The molecule has 0 unspecified atom stereocenters. The Morgan fingerprint density at radius 3 is 2.74 bits per heavy atom. The van der Waals surface area contributed by atoms with Gasteiger partial charge in [0.05, 0.1) is 5.56 Å². The van der Waals surface area contributed by atoms with Crippen molar-refractivity contribution in [2.24, 2.45) is 0 Å². The lowest BCUT2D eigenvalue weighted by Crippen LogP contribution is -1.96. The van der Waals surface area contributed by atoms with Gasteiger partial charge >= 0.3 is 5.97 Å². The molecule has 0 aliphatic carbocycles. The predicted octanol–water partition coefficient (Wildman–Crippen LogP) is 4.12. The SMILES string of the molecule is O=C(O)c1cccc(CSc2n[nH]c(-c3ccc(Cl)cc3)n2)c1. The van der Waals surface area contributed by atoms with Crippen LogP contribution in [0, 0.1) is 0 Å². The number of H-pyrrole nitrogens is 1. The summed E-state index contributed by atoms with van der Waals surface area (Å²) in [6.07, 6.45) is 0. The number of rotatable bonds is 5. The van der Waals surface area contributed by atoms with Gasteiger partial charge in [0.15, 0.2) is 5.82 Å². The average molecular weight is 346 g/mol. The molecule has 0 saturated heterocycles. The Labute approximate surface area is 141 Å². The largest absolute Gasteiger partial charge is 0.478 e. The van der Waals surface area contributed by atoms with Gasteiger partial charge in [-0.05, 0) is 42.0 Å². The molecule has 0 bridgehead atoms. The van der Waals surface area contributed by atoms with Crippen molar-refractivity contribution >= 4 is 29.3 Å². The molecule has 116 valence electrons. The summed E-state index contributed by atoms with van der Waals surface area (Å²) in [6.45, 7) is 0. The summed E-state index contributed by atoms with van der Waals surface area (Å²) >= 11 is 7.30. The van der Waals surface area contributed by atoms with Crippen molar-refractivity contribution in [3.05, 3.63) is 64.7 Å². The molecule has 0 spiro atoms. The number of halogens is 1. The fraction of sp³-hybridized carbons (Fsp3) is 0.0625. The zero-order chi connectivity index (χ0) is 16.2. The normalized spacial score (nSPS) is 10.7. The molecule has 5 nitrogen and oxygen atoms in total. The first-order valence-electron chi connectivity index (χ1n) is 6.75. The van der Waals surface area contributed by atoms with Crippen molar-refractivity contribution in [1.82, 2.24) is 15.2 Å². The van der Waals surface area contributed by atoms with Crippen LogP contribution in [0.25, 0.3) is 11.4 Å². The first-order valence-corrected chi connectivity index (χ1v) is 8.11. The maximum atomic E-state index is 11.0. The lowest BCUT2D eigenvalue weighted by molar-refractivity contribution is 0.0697. The van der Waals surface area contributed by atoms with Crippen LogP contribution in [0.3, 0.4) is 0 Å². The summed E-state index contributed by atoms with van der Waals surface area (Å²) in [4.78, 5) is 15.4. The molecule has 2 aromatic carbocycles. The zero-order valence-electron chi connectivity index (χ0n) is 11.9. The number of nitrogens with one attached hydrogen (secondary N) is 1. The summed E-state index contributed by atoms with van der Waals surface area (Å²) < 4.78 is 0. The van der Waals surface area contributed by atoms with Crippen molar-refractivity contribution < 1.29 is 9.90 Å². The fourth-order valence-electron chi connectivity index (χ4n) is 1.99. The monoisotopic (exact) mass is 345 g/mol. The Balaban J connectivity index is 1.69. The molecular formula is C16H12ClN3O2S. The molecule has 7 heteroatoms. The van der Waals surface area contributed by atoms with Gasteiger partial charge in [-0.1, -0.05) is 35.5 Å². The van der Waals surface area contributed by atoms with Crippen LogP contribution in [0.1, 0.15) is 15.9 Å². The van der Waals surface area contributed by atoms with Crippen molar-refractivity contribution in [1.29, 1.82) is 0 Å². The van der Waals surface area contributed by atoms with Gasteiger partial charge in [-0.25, -0.2) is 9.78 Å². The minimum Gasteiger partial charge on any atom is -0.478 e. The highest BCUT2D eigenvalue weighted by molar-refractivity contribution is 7.98. The van der Waals surface area contributed by atoms with E-state index in [1.807, 2.05) is 18.2 Å². The highest BCUT2D eigenvalue weighted by atomic mass is 35.5. The number of thioether (sulfide) groups is 1. The maximum Gasteiger partial charge on any atom is 0.335 e. The Morgan fingerprint density at radius 1 is 1.22 bits per heavy atom. The minimum atomic E-state index is -0.931. The van der Waals surface area contributed by atoms with Crippen LogP contribution in [0.4, 0.5) is 0 Å². The summed E-state index contributed by atoms with van der Waals surface area (Å²) in [5.41, 5.74) is 2.09. The van der Waals surface area contributed by atoms with E-state index in [1.54, 1.807) is 30.3 Å². The number of aromatic amines is 1. The van der Waals surface area contributed by atoms with Crippen LogP contribution in [0.2, 0.25) is 5.02 Å². The number of hydrogen-bond donors (Lipinski definition) is 2. The van der Waals surface area contributed by atoms with Gasteiger partial charge in [0.2, 0.25) is 5.16 Å². The van der Waals surface area contributed by atoms with Gasteiger partial charge in [-0.15, -0.1) is 5.10 Å². The highest BCUT2D eigenvalue weighted by Gasteiger charge is 2.08. The molecule has 0 aliphatic rings. The van der Waals surface area contributed by atoms with Gasteiger partial charge in [-0.3, -0.25) is 5.10 Å². The van der Waals surface area contributed by atoms with E-state index in [1.165, 1.54) is 11.8 Å². The molecule has 0 saturated carbocycles. The molecular weight excluding hydrogens is 334 g/mol. The third-order valence-electron chi connectivity index (χ3n) is 3.12. The minimum absolute atomic E-state index is 0.278. The number of carbonyl (C=O) groups is 1. The molecule has 3 rings (SSSR count). The molecule has 0 fully saturated rings. The second-order valence-electron chi connectivity index (χ2n) is 4.77. The highest BCUT2D eigenvalue weighted by Crippen LogP contribution is 2.23. The van der Waals surface area contributed by atoms with Crippen LogP contribution in [0.15, 0.2) is 53.7 Å². The van der Waals surface area contributed by atoms with Gasteiger partial charge in [0, 0.05) is 16.3 Å². The first kappa shape index (κ1) is 15.6. The fourth-order valence-corrected chi connectivity index (χ4v) is 2.86. The molecule has 2 N–H and O–H groups in total. The third kappa shape index (κ3) is 3.91. The van der Waals surface area contributed by atoms with Crippen LogP contribution >= 0.6 is 23.4 Å². The summed E-state index contributed by atoms with van der Waals surface area (Å²) in [5, 5.41) is 17.3. The molecule has 23 heavy (non-hydrogen) atoms. The number of carboxylic acids is 1. The molecule has 0 amide bonds. The topological polar surface area (TPSA) is 78.9 Å². The Hall–Kier alpha value is -2.31. The predicted molar refractivity (Wildman–Crippen MR) is 89.8 cm³/mol. The van der Waals surface area contributed by atoms with Crippen LogP contribution < -0.4 is 0 Å². The molecule has 0 aliphatic heterocycles. The molecule has 1 heterocycles. The van der Waals surface area contributed by atoms with E-state index in [0.717, 1.165) is 11.1 Å². The van der Waals surface area contributed by atoms with Crippen LogP contribution in [-0.2, 0) is 5.75 Å². The lowest BCUT2D eigenvalue weighted by Gasteiger charge is -2.00. The van der Waals surface area contributed by atoms with E-state index in [-0.39, 0.29) is 5.56 Å². The van der Waals surface area contributed by atoms with E-state index >= 15 is 0 Å². The van der Waals surface area contributed by atoms with Gasteiger partial charge in [0.1, 0.15) is 0 Å². The van der Waals surface area contributed by atoms with Crippen molar-refractivity contribution in [3.8, 4) is 11.4 Å². The standard InChI is InChI=1S/C16H12ClN3O2S/c17-13-6-4-11(5-7-13)14-18-16(20-19-14)23-9-10-2-1-3-12(8-10)15(21)22/h1-8H,9H2,(H,21,22)(H,18,19,20). The quantitative estimate of drug-likeness (QED) is 0.680. The van der Waals surface area contributed by atoms with E-state index in [4.69, 9.17) is 16.7 Å². The lowest BCUT2D eigenvalue weighted by atomic mass is 10.1. The van der Waals surface area contributed by atoms with Gasteiger partial charge in [-0.2, -0.15) is 0 Å².